The third kappa shape index (κ3) is 4.49. The van der Waals surface area contributed by atoms with E-state index in [-0.39, 0.29) is 5.41 Å². The molecule has 0 amide bonds. The summed E-state index contributed by atoms with van der Waals surface area (Å²) in [5, 5.41) is 10.6. The van der Waals surface area contributed by atoms with Gasteiger partial charge in [0.15, 0.2) is 0 Å². The summed E-state index contributed by atoms with van der Waals surface area (Å²) in [5.74, 6) is 0.493. The topological polar surface area (TPSA) is 23.5 Å². The lowest BCUT2D eigenvalue weighted by Gasteiger charge is -2.30. The molecule has 1 saturated carbocycles. The van der Waals surface area contributed by atoms with Gasteiger partial charge in [0.1, 0.15) is 5.75 Å². The number of phenols is 1. The average molecular weight is 303 g/mol. The monoisotopic (exact) mass is 303 g/mol. The van der Waals surface area contributed by atoms with Crippen molar-refractivity contribution in [3.05, 3.63) is 29.3 Å². The third-order valence-electron chi connectivity index (χ3n) is 5.05. The molecule has 124 valence electrons. The number of hydrogen-bond donors (Lipinski definition) is 1. The van der Waals surface area contributed by atoms with Crippen LogP contribution in [0.4, 0.5) is 0 Å². The van der Waals surface area contributed by atoms with Gasteiger partial charge in [-0.2, -0.15) is 0 Å². The van der Waals surface area contributed by atoms with Crippen LogP contribution in [0, 0.1) is 0 Å². The van der Waals surface area contributed by atoms with Gasteiger partial charge >= 0.3 is 0 Å². The molecule has 0 bridgehead atoms. The molecule has 0 saturated heterocycles. The normalized spacial score (nSPS) is 18.2. The Labute approximate surface area is 136 Å². The van der Waals surface area contributed by atoms with E-state index in [1.54, 1.807) is 0 Å². The van der Waals surface area contributed by atoms with Crippen LogP contribution in [0.3, 0.4) is 0 Å². The van der Waals surface area contributed by atoms with E-state index < -0.39 is 0 Å². The second-order valence-electron chi connectivity index (χ2n) is 7.98. The van der Waals surface area contributed by atoms with Gasteiger partial charge in [0.2, 0.25) is 0 Å². The maximum absolute atomic E-state index is 10.6. The highest BCUT2D eigenvalue weighted by atomic mass is 16.3. The van der Waals surface area contributed by atoms with Gasteiger partial charge in [-0.1, -0.05) is 71.1 Å². The molecule has 0 spiro atoms. The lowest BCUT2D eigenvalue weighted by atomic mass is 9.85. The zero-order valence-electron chi connectivity index (χ0n) is 14.9. The van der Waals surface area contributed by atoms with Gasteiger partial charge < -0.3 is 5.11 Å². The number of nitrogens with zero attached hydrogens (tertiary/aromatic N) is 1. The Hall–Kier alpha value is -1.02. The maximum Gasteiger partial charge on any atom is 0.123 e. The number of phenolic OH excluding ortho intramolecular Hbond substituents is 1. The molecule has 1 aromatic rings. The summed E-state index contributed by atoms with van der Waals surface area (Å²) >= 11 is 0. The van der Waals surface area contributed by atoms with Gasteiger partial charge in [0, 0.05) is 18.2 Å². The van der Waals surface area contributed by atoms with E-state index in [1.165, 1.54) is 44.9 Å². The van der Waals surface area contributed by atoms with Crippen molar-refractivity contribution in [1.29, 1.82) is 0 Å². The lowest BCUT2D eigenvalue weighted by Crippen LogP contribution is -2.32. The van der Waals surface area contributed by atoms with Gasteiger partial charge in [-0.3, -0.25) is 4.90 Å². The minimum atomic E-state index is -0.0150. The Morgan fingerprint density at radius 3 is 2.23 bits per heavy atom. The lowest BCUT2D eigenvalue weighted by molar-refractivity contribution is 0.194. The number of para-hydroxylation sites is 1. The molecule has 1 aromatic carbocycles. The summed E-state index contributed by atoms with van der Waals surface area (Å²) < 4.78 is 0. The van der Waals surface area contributed by atoms with Crippen molar-refractivity contribution in [2.24, 2.45) is 0 Å². The third-order valence-corrected chi connectivity index (χ3v) is 5.05. The van der Waals surface area contributed by atoms with Crippen molar-refractivity contribution in [3.8, 4) is 5.75 Å². The van der Waals surface area contributed by atoms with Crippen LogP contribution >= 0.6 is 0 Å². The number of aromatic hydroxyl groups is 1. The maximum atomic E-state index is 10.6. The summed E-state index contributed by atoms with van der Waals surface area (Å²) in [6.45, 7) is 7.32. The average Bonchev–Trinajstić information content (AvgIpc) is 2.39. The molecular weight excluding hydrogens is 270 g/mol. The van der Waals surface area contributed by atoms with Gasteiger partial charge in [0.25, 0.3) is 0 Å². The highest BCUT2D eigenvalue weighted by molar-refractivity contribution is 5.43. The molecule has 0 aliphatic heterocycles. The first-order chi connectivity index (χ1) is 10.4. The molecular formula is C20H33NO. The fourth-order valence-electron chi connectivity index (χ4n) is 3.60. The smallest absolute Gasteiger partial charge is 0.123 e. The van der Waals surface area contributed by atoms with Crippen LogP contribution in [0.5, 0.6) is 5.75 Å². The molecule has 1 aliphatic carbocycles. The van der Waals surface area contributed by atoms with Crippen LogP contribution in [0.15, 0.2) is 18.2 Å². The zero-order valence-corrected chi connectivity index (χ0v) is 14.9. The number of benzene rings is 1. The molecule has 0 heterocycles. The predicted octanol–water partition coefficient (Wildman–Crippen LogP) is 5.23. The quantitative estimate of drug-likeness (QED) is 0.826. The van der Waals surface area contributed by atoms with Gasteiger partial charge in [-0.25, -0.2) is 0 Å². The molecule has 0 aromatic heterocycles. The second-order valence-corrected chi connectivity index (χ2v) is 7.98. The summed E-state index contributed by atoms with van der Waals surface area (Å²) in [5.41, 5.74) is 2.10. The summed E-state index contributed by atoms with van der Waals surface area (Å²) in [4.78, 5) is 2.45. The van der Waals surface area contributed by atoms with Crippen molar-refractivity contribution in [2.45, 2.75) is 83.7 Å². The molecule has 2 rings (SSSR count). The Bertz CT molecular complexity index is 467. The van der Waals surface area contributed by atoms with Crippen LogP contribution in [-0.4, -0.2) is 23.1 Å². The first-order valence-corrected chi connectivity index (χ1v) is 8.91. The van der Waals surface area contributed by atoms with Crippen molar-refractivity contribution in [1.82, 2.24) is 4.90 Å². The number of hydrogen-bond acceptors (Lipinski definition) is 2. The Morgan fingerprint density at radius 1 is 1.05 bits per heavy atom. The summed E-state index contributed by atoms with van der Waals surface area (Å²) in [7, 11) is 2.22. The first-order valence-electron chi connectivity index (χ1n) is 8.91. The van der Waals surface area contributed by atoms with E-state index in [9.17, 15) is 5.11 Å². The van der Waals surface area contributed by atoms with E-state index in [4.69, 9.17) is 0 Å². The standard InChI is InChI=1S/C20H33NO/c1-20(2,3)18-14-10-11-16(19(18)22)15-21(4)17-12-8-6-5-7-9-13-17/h10-11,14,17,22H,5-9,12-13,15H2,1-4H3. The van der Waals surface area contributed by atoms with Crippen molar-refractivity contribution in [2.75, 3.05) is 7.05 Å². The van der Waals surface area contributed by atoms with Crippen molar-refractivity contribution >= 4 is 0 Å². The van der Waals surface area contributed by atoms with Gasteiger partial charge in [-0.05, 0) is 30.9 Å². The second kappa shape index (κ2) is 7.50. The molecule has 0 radical (unpaired) electrons. The summed E-state index contributed by atoms with van der Waals surface area (Å²) in [6, 6.07) is 6.87. The van der Waals surface area contributed by atoms with Gasteiger partial charge in [0.05, 0.1) is 0 Å². The highest BCUT2D eigenvalue weighted by Crippen LogP contribution is 2.34. The van der Waals surface area contributed by atoms with E-state index in [0.717, 1.165) is 17.7 Å². The molecule has 1 N–H and O–H groups in total. The van der Waals surface area contributed by atoms with E-state index in [2.05, 4.69) is 50.9 Å². The minimum absolute atomic E-state index is 0.0150. The van der Waals surface area contributed by atoms with Crippen LogP contribution in [0.2, 0.25) is 0 Å². The van der Waals surface area contributed by atoms with Crippen molar-refractivity contribution in [3.63, 3.8) is 0 Å². The Balaban J connectivity index is 2.09. The van der Waals surface area contributed by atoms with Crippen LogP contribution in [0.1, 0.15) is 76.8 Å². The largest absolute Gasteiger partial charge is 0.507 e. The molecule has 1 aliphatic rings. The predicted molar refractivity (Wildman–Crippen MR) is 94.4 cm³/mol. The summed E-state index contributed by atoms with van der Waals surface area (Å²) in [6.07, 6.45) is 9.48. The molecule has 0 atom stereocenters. The SMILES string of the molecule is CN(Cc1cccc(C(C)(C)C)c1O)C1CCCCCCC1. The molecule has 22 heavy (non-hydrogen) atoms. The zero-order chi connectivity index (χ0) is 16.2. The molecule has 2 heteroatoms. The van der Waals surface area contributed by atoms with Crippen LogP contribution < -0.4 is 0 Å². The fraction of sp³-hybridized carbons (Fsp3) is 0.700. The van der Waals surface area contributed by atoms with Crippen molar-refractivity contribution < 1.29 is 5.11 Å². The van der Waals surface area contributed by atoms with Crippen LogP contribution in [-0.2, 0) is 12.0 Å². The highest BCUT2D eigenvalue weighted by Gasteiger charge is 2.22. The van der Waals surface area contributed by atoms with Gasteiger partial charge in [-0.15, -0.1) is 0 Å². The molecule has 0 unspecified atom stereocenters. The molecule has 1 fully saturated rings. The molecule has 2 nitrogen and oxygen atoms in total. The van der Waals surface area contributed by atoms with E-state index >= 15 is 0 Å². The fourth-order valence-corrected chi connectivity index (χ4v) is 3.60. The van der Waals surface area contributed by atoms with Crippen LogP contribution in [0.25, 0.3) is 0 Å². The number of rotatable bonds is 3. The van der Waals surface area contributed by atoms with E-state index in [0.29, 0.717) is 11.8 Å². The van der Waals surface area contributed by atoms with E-state index in [1.807, 2.05) is 0 Å². The Morgan fingerprint density at radius 2 is 1.64 bits per heavy atom. The Kier molecular flexibility index (Phi) is 5.91. The minimum Gasteiger partial charge on any atom is -0.507 e. The first kappa shape index (κ1) is 17.3.